The highest BCUT2D eigenvalue weighted by Gasteiger charge is 2.19. The number of hydrogen-bond donors (Lipinski definition) is 1. The Morgan fingerprint density at radius 3 is 2.45 bits per heavy atom. The Balaban J connectivity index is 1.75. The van der Waals surface area contributed by atoms with Crippen molar-refractivity contribution in [2.45, 2.75) is 39.3 Å². The first kappa shape index (κ1) is 15.0. The maximum absolute atomic E-state index is 8.80. The molecule has 0 aromatic heterocycles. The highest BCUT2D eigenvalue weighted by molar-refractivity contribution is 5.31. The summed E-state index contributed by atoms with van der Waals surface area (Å²) >= 11 is 0. The van der Waals surface area contributed by atoms with E-state index in [2.05, 4.69) is 42.3 Å². The molecule has 0 bridgehead atoms. The molecule has 0 spiro atoms. The van der Waals surface area contributed by atoms with E-state index in [1.54, 1.807) is 0 Å². The van der Waals surface area contributed by atoms with Gasteiger partial charge < -0.3 is 5.32 Å². The van der Waals surface area contributed by atoms with Gasteiger partial charge in [-0.05, 0) is 56.1 Å². The Morgan fingerprint density at radius 1 is 1.25 bits per heavy atom. The number of nitrogens with one attached hydrogen (secondary N) is 1. The van der Waals surface area contributed by atoms with Crippen LogP contribution in [0.2, 0.25) is 0 Å². The van der Waals surface area contributed by atoms with Gasteiger partial charge in [-0.25, -0.2) is 0 Å². The van der Waals surface area contributed by atoms with Crippen molar-refractivity contribution in [1.82, 2.24) is 10.2 Å². The maximum Gasteiger partial charge on any atom is 0.0991 e. The third kappa shape index (κ3) is 4.63. The molecule has 1 heterocycles. The van der Waals surface area contributed by atoms with Gasteiger partial charge in [0, 0.05) is 12.6 Å². The Bertz CT molecular complexity index is 436. The predicted molar refractivity (Wildman–Crippen MR) is 82.3 cm³/mol. The van der Waals surface area contributed by atoms with Gasteiger partial charge in [-0.2, -0.15) is 5.26 Å². The van der Waals surface area contributed by atoms with Crippen LogP contribution in [0, 0.1) is 17.2 Å². The van der Waals surface area contributed by atoms with Crippen LogP contribution in [0.3, 0.4) is 0 Å². The lowest BCUT2D eigenvalue weighted by Gasteiger charge is -2.32. The van der Waals surface area contributed by atoms with E-state index in [0.717, 1.165) is 24.6 Å². The van der Waals surface area contributed by atoms with Gasteiger partial charge in [-0.3, -0.25) is 4.90 Å². The highest BCUT2D eigenvalue weighted by Crippen LogP contribution is 2.18. The largest absolute Gasteiger partial charge is 0.314 e. The molecule has 0 aliphatic carbocycles. The van der Waals surface area contributed by atoms with Crippen LogP contribution in [0.25, 0.3) is 0 Å². The molecule has 1 saturated heterocycles. The van der Waals surface area contributed by atoms with E-state index in [9.17, 15) is 0 Å². The number of likely N-dealkylation sites (tertiary alicyclic amines) is 1. The summed E-state index contributed by atoms with van der Waals surface area (Å²) in [6.45, 7) is 8.95. The lowest BCUT2D eigenvalue weighted by Crippen LogP contribution is -2.38. The molecular weight excluding hydrogens is 246 g/mol. The van der Waals surface area contributed by atoms with Gasteiger partial charge in [-0.15, -0.1) is 0 Å². The van der Waals surface area contributed by atoms with Gasteiger partial charge in [0.05, 0.1) is 11.6 Å². The molecule has 0 amide bonds. The van der Waals surface area contributed by atoms with Gasteiger partial charge in [0.2, 0.25) is 0 Å². The van der Waals surface area contributed by atoms with Crippen molar-refractivity contribution in [1.29, 1.82) is 5.26 Å². The third-order valence-electron chi connectivity index (χ3n) is 4.01. The monoisotopic (exact) mass is 271 g/mol. The summed E-state index contributed by atoms with van der Waals surface area (Å²) < 4.78 is 0. The summed E-state index contributed by atoms with van der Waals surface area (Å²) in [4.78, 5) is 2.52. The fourth-order valence-corrected chi connectivity index (χ4v) is 2.69. The molecule has 1 aromatic carbocycles. The molecule has 0 saturated carbocycles. The Labute approximate surface area is 122 Å². The second-order valence-corrected chi connectivity index (χ2v) is 6.09. The second kappa shape index (κ2) is 7.42. The minimum absolute atomic E-state index is 0.590. The van der Waals surface area contributed by atoms with Gasteiger partial charge >= 0.3 is 0 Å². The van der Waals surface area contributed by atoms with E-state index in [4.69, 9.17) is 5.26 Å². The van der Waals surface area contributed by atoms with E-state index in [-0.39, 0.29) is 0 Å². The number of nitriles is 1. The van der Waals surface area contributed by atoms with Crippen LogP contribution >= 0.6 is 0 Å². The first-order valence-corrected chi connectivity index (χ1v) is 7.62. The summed E-state index contributed by atoms with van der Waals surface area (Å²) in [5, 5.41) is 12.3. The molecule has 3 nitrogen and oxygen atoms in total. The molecule has 3 heteroatoms. The van der Waals surface area contributed by atoms with Gasteiger partial charge in [-0.1, -0.05) is 26.0 Å². The third-order valence-corrected chi connectivity index (χ3v) is 4.01. The van der Waals surface area contributed by atoms with Gasteiger partial charge in [0.1, 0.15) is 0 Å². The zero-order valence-electron chi connectivity index (χ0n) is 12.6. The number of hydrogen-bond acceptors (Lipinski definition) is 3. The summed E-state index contributed by atoms with van der Waals surface area (Å²) in [7, 11) is 0. The predicted octanol–water partition coefficient (Wildman–Crippen LogP) is 2.77. The molecule has 1 fully saturated rings. The van der Waals surface area contributed by atoms with E-state index >= 15 is 0 Å². The summed E-state index contributed by atoms with van der Waals surface area (Å²) in [5.41, 5.74) is 2.05. The zero-order chi connectivity index (χ0) is 14.4. The van der Waals surface area contributed by atoms with Crippen LogP contribution in [0.1, 0.15) is 37.8 Å². The molecule has 0 radical (unpaired) electrons. The summed E-state index contributed by atoms with van der Waals surface area (Å²) in [6, 6.07) is 10.7. The molecule has 1 aromatic rings. The standard InChI is InChI=1S/C17H25N3/c1-14(2)19-12-16-7-9-20(10-8-16)13-17-5-3-15(11-18)4-6-17/h3-6,14,16,19H,7-10,12-13H2,1-2H3. The molecule has 0 unspecified atom stereocenters. The topological polar surface area (TPSA) is 39.1 Å². The van der Waals surface area contributed by atoms with Gasteiger partial charge in [0.15, 0.2) is 0 Å². The van der Waals surface area contributed by atoms with Crippen molar-refractivity contribution in [3.05, 3.63) is 35.4 Å². The minimum Gasteiger partial charge on any atom is -0.314 e. The number of piperidine rings is 1. The fourth-order valence-electron chi connectivity index (χ4n) is 2.69. The Hall–Kier alpha value is -1.37. The van der Waals surface area contributed by atoms with Crippen molar-refractivity contribution in [3.63, 3.8) is 0 Å². The molecule has 20 heavy (non-hydrogen) atoms. The van der Waals surface area contributed by atoms with E-state index in [1.807, 2.05) is 12.1 Å². The molecule has 108 valence electrons. The quantitative estimate of drug-likeness (QED) is 0.895. The van der Waals surface area contributed by atoms with Crippen LogP contribution in [0.5, 0.6) is 0 Å². The fraction of sp³-hybridized carbons (Fsp3) is 0.588. The molecular formula is C17H25N3. The van der Waals surface area contributed by atoms with Crippen molar-refractivity contribution in [2.75, 3.05) is 19.6 Å². The van der Waals surface area contributed by atoms with Crippen LogP contribution in [-0.2, 0) is 6.54 Å². The first-order chi connectivity index (χ1) is 9.67. The minimum atomic E-state index is 0.590. The maximum atomic E-state index is 8.80. The number of rotatable bonds is 5. The highest BCUT2D eigenvalue weighted by atomic mass is 15.1. The smallest absolute Gasteiger partial charge is 0.0991 e. The van der Waals surface area contributed by atoms with E-state index in [0.29, 0.717) is 6.04 Å². The first-order valence-electron chi connectivity index (χ1n) is 7.62. The molecule has 1 N–H and O–H groups in total. The lowest BCUT2D eigenvalue weighted by atomic mass is 9.96. The van der Waals surface area contributed by atoms with Crippen molar-refractivity contribution < 1.29 is 0 Å². The average Bonchev–Trinajstić information content (AvgIpc) is 2.47. The average molecular weight is 271 g/mol. The second-order valence-electron chi connectivity index (χ2n) is 6.09. The molecule has 0 atom stereocenters. The van der Waals surface area contributed by atoms with Gasteiger partial charge in [0.25, 0.3) is 0 Å². The Morgan fingerprint density at radius 2 is 1.90 bits per heavy atom. The van der Waals surface area contributed by atoms with Crippen LogP contribution in [0.4, 0.5) is 0 Å². The number of benzene rings is 1. The molecule has 1 aliphatic rings. The van der Waals surface area contributed by atoms with Crippen LogP contribution in [-0.4, -0.2) is 30.6 Å². The summed E-state index contributed by atoms with van der Waals surface area (Å²) in [5.74, 6) is 0.828. The van der Waals surface area contributed by atoms with E-state index in [1.165, 1.54) is 31.5 Å². The Kier molecular flexibility index (Phi) is 5.58. The molecule has 2 rings (SSSR count). The van der Waals surface area contributed by atoms with Crippen LogP contribution in [0.15, 0.2) is 24.3 Å². The van der Waals surface area contributed by atoms with E-state index < -0.39 is 0 Å². The normalized spacial score (nSPS) is 17.3. The summed E-state index contributed by atoms with van der Waals surface area (Å²) in [6.07, 6.45) is 2.58. The van der Waals surface area contributed by atoms with Crippen molar-refractivity contribution >= 4 is 0 Å². The van der Waals surface area contributed by atoms with Crippen LogP contribution < -0.4 is 5.32 Å². The number of nitrogens with zero attached hydrogens (tertiary/aromatic N) is 2. The molecule has 1 aliphatic heterocycles. The zero-order valence-corrected chi connectivity index (χ0v) is 12.6. The SMILES string of the molecule is CC(C)NCC1CCN(Cc2ccc(C#N)cc2)CC1. The lowest BCUT2D eigenvalue weighted by molar-refractivity contribution is 0.174. The van der Waals surface area contributed by atoms with Crippen molar-refractivity contribution in [2.24, 2.45) is 5.92 Å². The van der Waals surface area contributed by atoms with Crippen molar-refractivity contribution in [3.8, 4) is 6.07 Å².